The van der Waals surface area contributed by atoms with Gasteiger partial charge < -0.3 is 39.8 Å². The van der Waals surface area contributed by atoms with Crippen LogP contribution in [0, 0.1) is 0 Å². The molecule has 15 nitrogen and oxygen atoms in total. The van der Waals surface area contributed by atoms with Gasteiger partial charge >= 0.3 is 0 Å². The summed E-state index contributed by atoms with van der Waals surface area (Å²) in [7, 11) is 5.74. The van der Waals surface area contributed by atoms with Crippen LogP contribution in [-0.4, -0.2) is 56.2 Å². The van der Waals surface area contributed by atoms with E-state index in [1.54, 1.807) is 97.1 Å². The van der Waals surface area contributed by atoms with Crippen molar-refractivity contribution in [2.75, 3.05) is 39.1 Å². The first kappa shape index (κ1) is 44.7. The monoisotopic (exact) mass is 946 g/mol. The van der Waals surface area contributed by atoms with Crippen LogP contribution >= 0.6 is 23.2 Å². The van der Waals surface area contributed by atoms with Crippen LogP contribution in [0.3, 0.4) is 0 Å². The summed E-state index contributed by atoms with van der Waals surface area (Å²) in [5, 5.41) is 49.1. The second kappa shape index (κ2) is 18.4. The van der Waals surface area contributed by atoms with E-state index >= 15 is 0 Å². The van der Waals surface area contributed by atoms with Gasteiger partial charge in [0.1, 0.15) is 34.4 Å². The standard InChI is InChI=1S/C51H36Cl2N6O9/c1-65-41-23-39(43(67-3)21-37(41)52)54-50(63)35-17-25-9-5-7-11-29(25)45(48(35)61)58-56-27-13-15-31-32-16-14-28(20-34(32)47(60)33(31)19-27)57-59-46-30-12-8-6-10-26(30)18-36(49(46)62)51(64)55-40-24-42(66-2)38(53)22-44(40)68-4/h5-24,61-62H,1-4H3,(H,54,63)(H,55,64). The number of aromatic hydroxyl groups is 2. The minimum Gasteiger partial charge on any atom is -0.505 e. The number of methoxy groups -OCH3 is 4. The Kier molecular flexibility index (Phi) is 12.1. The maximum absolute atomic E-state index is 14.0. The van der Waals surface area contributed by atoms with Gasteiger partial charge in [-0.1, -0.05) is 83.9 Å². The van der Waals surface area contributed by atoms with Crippen LogP contribution in [0.15, 0.2) is 142 Å². The van der Waals surface area contributed by atoms with E-state index in [1.807, 2.05) is 0 Å². The molecule has 0 aromatic heterocycles. The van der Waals surface area contributed by atoms with E-state index in [0.29, 0.717) is 66.7 Å². The quantitative estimate of drug-likeness (QED) is 0.0860. The van der Waals surface area contributed by atoms with Crippen LogP contribution < -0.4 is 29.6 Å². The molecule has 1 aliphatic carbocycles. The predicted molar refractivity (Wildman–Crippen MR) is 260 cm³/mol. The molecule has 0 bridgehead atoms. The van der Waals surface area contributed by atoms with Gasteiger partial charge in [0.05, 0.1) is 72.4 Å². The SMILES string of the molecule is COc1cc(NC(=O)c2cc3ccccc3c(N=Nc3ccc4c(c3)C(=O)c3cc(N=Nc5c(O)c(C(=O)Nc6cc(OC)c(Cl)cc6OC)cc6ccccc56)ccc3-4)c2O)c(OC)cc1Cl. The molecule has 0 saturated heterocycles. The molecule has 0 heterocycles. The number of hydrogen-bond acceptors (Lipinski definition) is 13. The molecular formula is C51H36Cl2N6O9. The van der Waals surface area contributed by atoms with Gasteiger partial charge in [-0.15, -0.1) is 10.2 Å². The van der Waals surface area contributed by atoms with Crippen LogP contribution in [0.2, 0.25) is 10.0 Å². The number of carbonyl (C=O) groups excluding carboxylic acids is 3. The molecule has 0 spiro atoms. The topological polar surface area (TPSA) is 202 Å². The number of carbonyl (C=O) groups is 3. The number of phenolic OH excluding ortho intramolecular Hbond substituents is 2. The molecule has 17 heteroatoms. The van der Waals surface area contributed by atoms with Crippen molar-refractivity contribution in [2.24, 2.45) is 20.5 Å². The zero-order valence-electron chi connectivity index (χ0n) is 36.3. The Morgan fingerprint density at radius 3 is 1.28 bits per heavy atom. The van der Waals surface area contributed by atoms with E-state index < -0.39 is 23.3 Å². The van der Waals surface area contributed by atoms with Gasteiger partial charge in [-0.05, 0) is 58.3 Å². The third kappa shape index (κ3) is 8.20. The second-order valence-corrected chi connectivity index (χ2v) is 16.0. The van der Waals surface area contributed by atoms with Crippen molar-refractivity contribution in [3.63, 3.8) is 0 Å². The molecule has 338 valence electrons. The average molecular weight is 948 g/mol. The number of phenols is 2. The molecule has 0 aliphatic heterocycles. The number of benzene rings is 8. The molecular weight excluding hydrogens is 911 g/mol. The smallest absolute Gasteiger partial charge is 0.259 e. The molecule has 1 aliphatic rings. The van der Waals surface area contributed by atoms with Crippen molar-refractivity contribution in [3.8, 4) is 45.6 Å². The zero-order chi connectivity index (χ0) is 47.8. The van der Waals surface area contributed by atoms with Crippen molar-refractivity contribution in [1.29, 1.82) is 0 Å². The van der Waals surface area contributed by atoms with Gasteiger partial charge in [0.2, 0.25) is 0 Å². The Morgan fingerprint density at radius 2 is 0.882 bits per heavy atom. The number of nitrogens with one attached hydrogen (secondary N) is 2. The van der Waals surface area contributed by atoms with Crippen LogP contribution in [-0.2, 0) is 0 Å². The van der Waals surface area contributed by atoms with Crippen molar-refractivity contribution < 1.29 is 43.5 Å². The van der Waals surface area contributed by atoms with Crippen LogP contribution in [0.5, 0.6) is 34.5 Å². The van der Waals surface area contributed by atoms with Gasteiger partial charge in [0.15, 0.2) is 17.3 Å². The number of nitrogens with zero attached hydrogens (tertiary/aromatic N) is 4. The number of fused-ring (bicyclic) bond motifs is 5. The van der Waals surface area contributed by atoms with Crippen LogP contribution in [0.1, 0.15) is 36.6 Å². The summed E-state index contributed by atoms with van der Waals surface area (Å²) in [4.78, 5) is 41.4. The molecule has 8 aromatic carbocycles. The lowest BCUT2D eigenvalue weighted by molar-refractivity contribution is 0.101. The van der Waals surface area contributed by atoms with E-state index in [9.17, 15) is 24.6 Å². The molecule has 9 rings (SSSR count). The highest BCUT2D eigenvalue weighted by Gasteiger charge is 2.28. The average Bonchev–Trinajstić information content (AvgIpc) is 3.63. The normalized spacial score (nSPS) is 11.8. The minimum absolute atomic E-state index is 0.0338. The maximum Gasteiger partial charge on any atom is 0.259 e. The van der Waals surface area contributed by atoms with Gasteiger partial charge in [-0.25, -0.2) is 0 Å². The minimum atomic E-state index is -0.661. The maximum atomic E-state index is 14.0. The Balaban J connectivity index is 0.987. The summed E-state index contributed by atoms with van der Waals surface area (Å²) < 4.78 is 21.4. The molecule has 4 N–H and O–H groups in total. The largest absolute Gasteiger partial charge is 0.505 e. The van der Waals surface area contributed by atoms with Crippen molar-refractivity contribution in [3.05, 3.63) is 154 Å². The molecule has 0 unspecified atom stereocenters. The number of azo groups is 2. The van der Waals surface area contributed by atoms with Gasteiger partial charge in [0.25, 0.3) is 11.8 Å². The summed E-state index contributed by atoms with van der Waals surface area (Å²) >= 11 is 12.5. The summed E-state index contributed by atoms with van der Waals surface area (Å²) in [6.07, 6.45) is 0. The summed E-state index contributed by atoms with van der Waals surface area (Å²) in [6.45, 7) is 0. The first-order chi connectivity index (χ1) is 32.9. The van der Waals surface area contributed by atoms with Gasteiger partial charge in [0, 0.05) is 46.2 Å². The fourth-order valence-corrected chi connectivity index (χ4v) is 8.34. The fourth-order valence-electron chi connectivity index (χ4n) is 7.87. The lowest BCUT2D eigenvalue weighted by atomic mass is 10.0. The number of ketones is 1. The highest BCUT2D eigenvalue weighted by atomic mass is 35.5. The fraction of sp³-hybridized carbons (Fsp3) is 0.0784. The second-order valence-electron chi connectivity index (χ2n) is 15.2. The Morgan fingerprint density at radius 1 is 0.485 bits per heavy atom. The number of amides is 2. The molecule has 2 amide bonds. The molecule has 8 aromatic rings. The van der Waals surface area contributed by atoms with Crippen LogP contribution in [0.25, 0.3) is 32.7 Å². The summed E-state index contributed by atoms with van der Waals surface area (Å²) in [5.74, 6) is -1.31. The first-order valence-electron chi connectivity index (χ1n) is 20.5. The van der Waals surface area contributed by atoms with Crippen molar-refractivity contribution >= 4 is 96.5 Å². The molecule has 0 radical (unpaired) electrons. The van der Waals surface area contributed by atoms with Crippen LogP contribution in [0.4, 0.5) is 34.1 Å². The number of halogens is 2. The number of anilines is 2. The van der Waals surface area contributed by atoms with E-state index in [2.05, 4.69) is 31.1 Å². The highest BCUT2D eigenvalue weighted by molar-refractivity contribution is 6.33. The van der Waals surface area contributed by atoms with Gasteiger partial charge in [-0.3, -0.25) is 14.4 Å². The van der Waals surface area contributed by atoms with E-state index in [1.165, 1.54) is 52.7 Å². The molecule has 0 fully saturated rings. The van der Waals surface area contributed by atoms with E-state index in [4.69, 9.17) is 42.1 Å². The zero-order valence-corrected chi connectivity index (χ0v) is 37.9. The van der Waals surface area contributed by atoms with Crippen molar-refractivity contribution in [2.45, 2.75) is 0 Å². The summed E-state index contributed by atoms with van der Waals surface area (Å²) in [5.41, 5.74) is 3.06. The number of rotatable bonds is 12. The van der Waals surface area contributed by atoms with Gasteiger partial charge in [-0.2, -0.15) is 10.2 Å². The number of ether oxygens (including phenoxy) is 4. The number of hydrogen-bond donors (Lipinski definition) is 4. The first-order valence-corrected chi connectivity index (χ1v) is 21.3. The Labute approximate surface area is 397 Å². The third-order valence-electron chi connectivity index (χ3n) is 11.2. The Hall–Kier alpha value is -8.53. The molecule has 0 atom stereocenters. The van der Waals surface area contributed by atoms with Crippen molar-refractivity contribution in [1.82, 2.24) is 0 Å². The lowest BCUT2D eigenvalue weighted by Gasteiger charge is -2.15. The third-order valence-corrected chi connectivity index (χ3v) is 11.8. The molecule has 68 heavy (non-hydrogen) atoms. The Bertz CT molecular complexity index is 3260. The van der Waals surface area contributed by atoms with E-state index in [0.717, 1.165) is 0 Å². The molecule has 0 saturated carbocycles. The van der Waals surface area contributed by atoms with E-state index in [-0.39, 0.29) is 61.2 Å². The predicted octanol–water partition coefficient (Wildman–Crippen LogP) is 13.3. The summed E-state index contributed by atoms with van der Waals surface area (Å²) in [6, 6.07) is 33.3. The highest BCUT2D eigenvalue weighted by Crippen LogP contribution is 2.45. The lowest BCUT2D eigenvalue weighted by Crippen LogP contribution is -2.13.